The van der Waals surface area contributed by atoms with Gasteiger partial charge in [-0.05, 0) is 48.6 Å². The fraction of sp³-hybridized carbons (Fsp3) is 0.333. The second-order valence-electron chi connectivity index (χ2n) is 5.64. The van der Waals surface area contributed by atoms with Gasteiger partial charge in [0.05, 0.1) is 7.11 Å². The topological polar surface area (TPSA) is 32.7 Å². The molecular formula is C18H21NO2. The van der Waals surface area contributed by atoms with E-state index in [0.29, 0.717) is 11.8 Å². The normalized spacial score (nSPS) is 17.4. The minimum absolute atomic E-state index is 0.217. The Morgan fingerprint density at radius 1 is 1.24 bits per heavy atom. The third kappa shape index (κ3) is 2.68. The SMILES string of the molecule is COc1ccc(C[C@H]2CCc3ccccc3N2C)cc1O. The molecule has 0 radical (unpaired) electrons. The predicted molar refractivity (Wildman–Crippen MR) is 85.3 cm³/mol. The average molecular weight is 283 g/mol. The van der Waals surface area contributed by atoms with E-state index in [1.165, 1.54) is 11.3 Å². The van der Waals surface area contributed by atoms with E-state index in [4.69, 9.17) is 4.74 Å². The Morgan fingerprint density at radius 2 is 2.05 bits per heavy atom. The maximum atomic E-state index is 9.91. The lowest BCUT2D eigenvalue weighted by atomic mass is 9.92. The Morgan fingerprint density at radius 3 is 2.81 bits per heavy atom. The van der Waals surface area contributed by atoms with Crippen LogP contribution < -0.4 is 9.64 Å². The molecule has 0 fully saturated rings. The predicted octanol–water partition coefficient (Wildman–Crippen LogP) is 3.39. The molecule has 0 bridgehead atoms. The zero-order valence-corrected chi connectivity index (χ0v) is 12.5. The number of phenols is 1. The summed E-state index contributed by atoms with van der Waals surface area (Å²) in [5, 5.41) is 9.91. The van der Waals surface area contributed by atoms with Crippen molar-refractivity contribution in [3.63, 3.8) is 0 Å². The highest BCUT2D eigenvalue weighted by Gasteiger charge is 2.23. The van der Waals surface area contributed by atoms with E-state index >= 15 is 0 Å². The van der Waals surface area contributed by atoms with Crippen LogP contribution in [0.2, 0.25) is 0 Å². The van der Waals surface area contributed by atoms with Gasteiger partial charge in [0.25, 0.3) is 0 Å². The third-order valence-corrected chi connectivity index (χ3v) is 4.38. The number of fused-ring (bicyclic) bond motifs is 1. The Bertz CT molecular complexity index is 639. The van der Waals surface area contributed by atoms with Crippen molar-refractivity contribution >= 4 is 5.69 Å². The van der Waals surface area contributed by atoms with Crippen molar-refractivity contribution < 1.29 is 9.84 Å². The second kappa shape index (κ2) is 5.68. The molecule has 3 rings (SSSR count). The van der Waals surface area contributed by atoms with Crippen LogP contribution >= 0.6 is 0 Å². The first-order valence-electron chi connectivity index (χ1n) is 7.35. The molecule has 110 valence electrons. The second-order valence-corrected chi connectivity index (χ2v) is 5.64. The van der Waals surface area contributed by atoms with Crippen molar-refractivity contribution in [2.45, 2.75) is 25.3 Å². The van der Waals surface area contributed by atoms with Gasteiger partial charge in [0, 0.05) is 18.8 Å². The monoisotopic (exact) mass is 283 g/mol. The van der Waals surface area contributed by atoms with Crippen LogP contribution in [-0.2, 0) is 12.8 Å². The van der Waals surface area contributed by atoms with Gasteiger partial charge >= 0.3 is 0 Å². The lowest BCUT2D eigenvalue weighted by molar-refractivity contribution is 0.373. The first-order valence-corrected chi connectivity index (χ1v) is 7.35. The number of likely N-dealkylation sites (N-methyl/N-ethyl adjacent to an activating group) is 1. The molecule has 0 saturated heterocycles. The van der Waals surface area contributed by atoms with E-state index in [1.54, 1.807) is 7.11 Å². The summed E-state index contributed by atoms with van der Waals surface area (Å²) in [6.07, 6.45) is 3.19. The fourth-order valence-corrected chi connectivity index (χ4v) is 3.15. The number of para-hydroxylation sites is 1. The third-order valence-electron chi connectivity index (χ3n) is 4.38. The molecule has 1 N–H and O–H groups in total. The molecule has 0 spiro atoms. The lowest BCUT2D eigenvalue weighted by Crippen LogP contribution is -2.37. The molecule has 2 aromatic rings. The van der Waals surface area contributed by atoms with E-state index in [-0.39, 0.29) is 5.75 Å². The van der Waals surface area contributed by atoms with Crippen molar-refractivity contribution in [2.24, 2.45) is 0 Å². The summed E-state index contributed by atoms with van der Waals surface area (Å²) in [7, 11) is 3.73. The van der Waals surface area contributed by atoms with Gasteiger partial charge in [0.2, 0.25) is 0 Å². The van der Waals surface area contributed by atoms with Gasteiger partial charge < -0.3 is 14.7 Å². The van der Waals surface area contributed by atoms with Crippen LogP contribution in [0.4, 0.5) is 5.69 Å². The quantitative estimate of drug-likeness (QED) is 0.937. The van der Waals surface area contributed by atoms with Crippen LogP contribution in [0.1, 0.15) is 17.5 Å². The lowest BCUT2D eigenvalue weighted by Gasteiger charge is -2.36. The Balaban J connectivity index is 1.79. The molecule has 0 saturated carbocycles. The van der Waals surface area contributed by atoms with E-state index in [2.05, 4.69) is 36.2 Å². The smallest absolute Gasteiger partial charge is 0.160 e. The van der Waals surface area contributed by atoms with Gasteiger partial charge in [-0.25, -0.2) is 0 Å². The highest BCUT2D eigenvalue weighted by atomic mass is 16.5. The number of ether oxygens (including phenoxy) is 1. The van der Waals surface area contributed by atoms with Crippen LogP contribution in [0.15, 0.2) is 42.5 Å². The molecule has 1 heterocycles. The maximum Gasteiger partial charge on any atom is 0.160 e. The number of hydrogen-bond donors (Lipinski definition) is 1. The maximum absolute atomic E-state index is 9.91. The van der Waals surface area contributed by atoms with Gasteiger partial charge in [0.1, 0.15) is 0 Å². The molecular weight excluding hydrogens is 262 g/mol. The van der Waals surface area contributed by atoms with Crippen LogP contribution in [-0.4, -0.2) is 25.3 Å². The molecule has 0 aromatic heterocycles. The van der Waals surface area contributed by atoms with Crippen molar-refractivity contribution in [2.75, 3.05) is 19.1 Å². The number of aryl methyl sites for hydroxylation is 1. The first-order chi connectivity index (χ1) is 10.2. The van der Waals surface area contributed by atoms with E-state index in [9.17, 15) is 5.11 Å². The number of aromatic hydroxyl groups is 1. The zero-order valence-electron chi connectivity index (χ0n) is 12.5. The number of phenolic OH excluding ortho intramolecular Hbond substituents is 1. The standard InChI is InChI=1S/C18H21NO2/c1-19-15(9-8-14-5-3-4-6-16(14)19)11-13-7-10-18(21-2)17(20)12-13/h3-7,10,12,15,20H,8-9,11H2,1-2H3/t15-/m1/s1. The number of methoxy groups -OCH3 is 1. The molecule has 0 amide bonds. The molecule has 0 aliphatic carbocycles. The summed E-state index contributed by atoms with van der Waals surface area (Å²) in [5.74, 6) is 0.745. The Labute approximate surface area is 125 Å². The minimum atomic E-state index is 0.217. The summed E-state index contributed by atoms with van der Waals surface area (Å²) in [5.41, 5.74) is 3.89. The molecule has 2 aromatic carbocycles. The highest BCUT2D eigenvalue weighted by Crippen LogP contribution is 2.32. The van der Waals surface area contributed by atoms with E-state index in [1.807, 2.05) is 18.2 Å². The van der Waals surface area contributed by atoms with Crippen LogP contribution in [0.3, 0.4) is 0 Å². The van der Waals surface area contributed by atoms with Crippen molar-refractivity contribution in [3.8, 4) is 11.5 Å². The molecule has 1 atom stereocenters. The minimum Gasteiger partial charge on any atom is -0.504 e. The van der Waals surface area contributed by atoms with E-state index in [0.717, 1.165) is 24.8 Å². The highest BCUT2D eigenvalue weighted by molar-refractivity contribution is 5.56. The average Bonchev–Trinajstić information content (AvgIpc) is 2.51. The molecule has 1 aliphatic rings. The Kier molecular flexibility index (Phi) is 3.74. The molecule has 21 heavy (non-hydrogen) atoms. The molecule has 3 nitrogen and oxygen atoms in total. The summed E-state index contributed by atoms with van der Waals surface area (Å²) in [4.78, 5) is 2.36. The number of anilines is 1. The van der Waals surface area contributed by atoms with Crippen molar-refractivity contribution in [1.29, 1.82) is 0 Å². The zero-order chi connectivity index (χ0) is 14.8. The van der Waals surface area contributed by atoms with Gasteiger partial charge in [0.15, 0.2) is 11.5 Å². The first kappa shape index (κ1) is 13.8. The molecule has 1 aliphatic heterocycles. The molecule has 3 heteroatoms. The number of rotatable bonds is 3. The fourth-order valence-electron chi connectivity index (χ4n) is 3.15. The van der Waals surface area contributed by atoms with Gasteiger partial charge in [-0.1, -0.05) is 24.3 Å². The van der Waals surface area contributed by atoms with Crippen LogP contribution in [0, 0.1) is 0 Å². The molecule has 0 unspecified atom stereocenters. The van der Waals surface area contributed by atoms with Crippen molar-refractivity contribution in [1.82, 2.24) is 0 Å². The number of hydrogen-bond acceptors (Lipinski definition) is 3. The Hall–Kier alpha value is -2.16. The summed E-state index contributed by atoms with van der Waals surface area (Å²) in [6.45, 7) is 0. The van der Waals surface area contributed by atoms with Gasteiger partial charge in [-0.2, -0.15) is 0 Å². The number of benzene rings is 2. The summed E-state index contributed by atoms with van der Waals surface area (Å²) >= 11 is 0. The van der Waals surface area contributed by atoms with Crippen molar-refractivity contribution in [3.05, 3.63) is 53.6 Å². The van der Waals surface area contributed by atoms with E-state index < -0.39 is 0 Å². The summed E-state index contributed by atoms with van der Waals surface area (Å²) < 4.78 is 5.10. The number of nitrogens with zero attached hydrogens (tertiary/aromatic N) is 1. The van der Waals surface area contributed by atoms with Crippen LogP contribution in [0.5, 0.6) is 11.5 Å². The summed E-state index contributed by atoms with van der Waals surface area (Å²) in [6, 6.07) is 14.7. The van der Waals surface area contributed by atoms with Gasteiger partial charge in [-0.15, -0.1) is 0 Å². The van der Waals surface area contributed by atoms with Gasteiger partial charge in [-0.3, -0.25) is 0 Å². The van der Waals surface area contributed by atoms with Crippen LogP contribution in [0.25, 0.3) is 0 Å². The largest absolute Gasteiger partial charge is 0.504 e.